The molecule has 0 radical (unpaired) electrons. The van der Waals surface area contributed by atoms with E-state index >= 15 is 0 Å². The SMILES string of the molecule is CN(C)CC(C)(C)CNC(=O)C1CCN(c2ccnc3cc(Br)cnc23)CC1. The van der Waals surface area contributed by atoms with E-state index in [0.29, 0.717) is 6.54 Å². The molecule has 6 nitrogen and oxygen atoms in total. The number of nitrogens with one attached hydrogen (secondary N) is 1. The van der Waals surface area contributed by atoms with Crippen LogP contribution in [0.5, 0.6) is 0 Å². The first kappa shape index (κ1) is 21.0. The van der Waals surface area contributed by atoms with Crippen molar-refractivity contribution < 1.29 is 4.79 Å². The topological polar surface area (TPSA) is 61.4 Å². The Labute approximate surface area is 175 Å². The van der Waals surface area contributed by atoms with Crippen molar-refractivity contribution in [1.82, 2.24) is 20.2 Å². The summed E-state index contributed by atoms with van der Waals surface area (Å²) in [5.41, 5.74) is 2.97. The lowest BCUT2D eigenvalue weighted by molar-refractivity contribution is -0.126. The van der Waals surface area contributed by atoms with E-state index in [1.807, 2.05) is 24.5 Å². The van der Waals surface area contributed by atoms with Crippen LogP contribution in [-0.4, -0.2) is 61.0 Å². The molecule has 1 fully saturated rings. The van der Waals surface area contributed by atoms with Crippen molar-refractivity contribution in [3.05, 3.63) is 29.0 Å². The summed E-state index contributed by atoms with van der Waals surface area (Å²) in [6.07, 6.45) is 5.36. The number of anilines is 1. The van der Waals surface area contributed by atoms with Crippen molar-refractivity contribution in [3.8, 4) is 0 Å². The summed E-state index contributed by atoms with van der Waals surface area (Å²) in [5, 5.41) is 3.18. The minimum absolute atomic E-state index is 0.0652. The zero-order chi connectivity index (χ0) is 20.3. The van der Waals surface area contributed by atoms with Crippen LogP contribution in [-0.2, 0) is 4.79 Å². The van der Waals surface area contributed by atoms with Gasteiger partial charge in [0.25, 0.3) is 0 Å². The first-order valence-corrected chi connectivity index (χ1v) is 10.6. The summed E-state index contributed by atoms with van der Waals surface area (Å²) >= 11 is 3.46. The molecule has 1 saturated heterocycles. The molecular formula is C21H30BrN5O. The minimum atomic E-state index is 0.0652. The summed E-state index contributed by atoms with van der Waals surface area (Å²) in [6.45, 7) is 7.75. The van der Waals surface area contributed by atoms with Gasteiger partial charge in [-0.15, -0.1) is 0 Å². The number of hydrogen-bond donors (Lipinski definition) is 1. The minimum Gasteiger partial charge on any atom is -0.370 e. The maximum atomic E-state index is 12.7. The number of fused-ring (bicyclic) bond motifs is 1. The van der Waals surface area contributed by atoms with Crippen LogP contribution in [0.15, 0.2) is 29.0 Å². The van der Waals surface area contributed by atoms with E-state index in [2.05, 4.69) is 69.0 Å². The van der Waals surface area contributed by atoms with E-state index in [9.17, 15) is 4.79 Å². The number of aromatic nitrogens is 2. The highest BCUT2D eigenvalue weighted by molar-refractivity contribution is 9.10. The van der Waals surface area contributed by atoms with E-state index in [0.717, 1.165) is 53.7 Å². The fourth-order valence-electron chi connectivity index (χ4n) is 4.01. The molecule has 0 aliphatic carbocycles. The van der Waals surface area contributed by atoms with Gasteiger partial charge < -0.3 is 15.1 Å². The molecule has 0 bridgehead atoms. The van der Waals surface area contributed by atoms with Gasteiger partial charge in [0.1, 0.15) is 5.52 Å². The summed E-state index contributed by atoms with van der Waals surface area (Å²) in [6, 6.07) is 4.01. The molecule has 152 valence electrons. The molecule has 3 heterocycles. The first-order chi connectivity index (χ1) is 13.2. The number of amides is 1. The second-order valence-corrected chi connectivity index (χ2v) is 9.65. The van der Waals surface area contributed by atoms with Crippen molar-refractivity contribution in [1.29, 1.82) is 0 Å². The third-order valence-electron chi connectivity index (χ3n) is 5.21. The number of carbonyl (C=O) groups excluding carboxylic acids is 1. The Balaban J connectivity index is 1.58. The number of rotatable bonds is 6. The van der Waals surface area contributed by atoms with Crippen molar-refractivity contribution in [3.63, 3.8) is 0 Å². The van der Waals surface area contributed by atoms with E-state index in [4.69, 9.17) is 0 Å². The molecular weight excluding hydrogens is 418 g/mol. The zero-order valence-electron chi connectivity index (χ0n) is 17.2. The Morgan fingerprint density at radius 3 is 2.71 bits per heavy atom. The van der Waals surface area contributed by atoms with Crippen LogP contribution in [0.25, 0.3) is 11.0 Å². The molecule has 1 aliphatic rings. The Kier molecular flexibility index (Phi) is 6.55. The molecule has 28 heavy (non-hydrogen) atoms. The molecule has 1 aliphatic heterocycles. The van der Waals surface area contributed by atoms with Crippen LogP contribution < -0.4 is 10.2 Å². The summed E-state index contributed by atoms with van der Waals surface area (Å²) in [4.78, 5) is 26.1. The Bertz CT molecular complexity index is 831. The molecule has 1 N–H and O–H groups in total. The number of halogens is 1. The smallest absolute Gasteiger partial charge is 0.223 e. The average molecular weight is 448 g/mol. The van der Waals surface area contributed by atoms with Crippen LogP contribution in [0.3, 0.4) is 0 Å². The fourth-order valence-corrected chi connectivity index (χ4v) is 4.33. The van der Waals surface area contributed by atoms with Crippen molar-refractivity contribution in [2.24, 2.45) is 11.3 Å². The zero-order valence-corrected chi connectivity index (χ0v) is 18.8. The quantitative estimate of drug-likeness (QED) is 0.735. The van der Waals surface area contributed by atoms with Crippen molar-refractivity contribution in [2.45, 2.75) is 26.7 Å². The lowest BCUT2D eigenvalue weighted by atomic mass is 9.91. The molecule has 0 unspecified atom stereocenters. The van der Waals surface area contributed by atoms with Gasteiger partial charge in [0.15, 0.2) is 0 Å². The van der Waals surface area contributed by atoms with Gasteiger partial charge in [-0.2, -0.15) is 0 Å². The lowest BCUT2D eigenvalue weighted by Gasteiger charge is -2.34. The third kappa shape index (κ3) is 5.20. The second kappa shape index (κ2) is 8.74. The second-order valence-electron chi connectivity index (χ2n) is 8.73. The van der Waals surface area contributed by atoms with E-state index in [-0.39, 0.29) is 17.2 Å². The number of nitrogens with zero attached hydrogens (tertiary/aromatic N) is 4. The summed E-state index contributed by atoms with van der Waals surface area (Å²) in [7, 11) is 4.13. The van der Waals surface area contributed by atoms with Gasteiger partial charge in [-0.1, -0.05) is 13.8 Å². The lowest BCUT2D eigenvalue weighted by Crippen LogP contribution is -2.45. The molecule has 1 amide bonds. The van der Waals surface area contributed by atoms with Crippen LogP contribution in [0.4, 0.5) is 5.69 Å². The fraction of sp³-hybridized carbons (Fsp3) is 0.571. The summed E-state index contributed by atoms with van der Waals surface area (Å²) in [5.74, 6) is 0.273. The number of pyridine rings is 2. The molecule has 0 spiro atoms. The van der Waals surface area contributed by atoms with Gasteiger partial charge in [0.05, 0.1) is 11.2 Å². The standard InChI is InChI=1S/C21H30BrN5O/c1-21(2,14-26(3)4)13-25-20(28)15-6-9-27(10-7-15)18-5-8-23-17-11-16(22)12-24-19(17)18/h5,8,11-12,15H,6-7,9-10,13-14H2,1-4H3,(H,25,28). The predicted octanol–water partition coefficient (Wildman–Crippen LogP) is 3.31. The van der Waals surface area contributed by atoms with Crippen LogP contribution >= 0.6 is 15.9 Å². The van der Waals surface area contributed by atoms with Gasteiger partial charge >= 0.3 is 0 Å². The Hall–Kier alpha value is -1.73. The van der Waals surface area contributed by atoms with Gasteiger partial charge in [-0.3, -0.25) is 14.8 Å². The molecule has 0 atom stereocenters. The summed E-state index contributed by atoms with van der Waals surface area (Å²) < 4.78 is 0.928. The highest BCUT2D eigenvalue weighted by atomic mass is 79.9. The number of carbonyl (C=O) groups is 1. The Morgan fingerprint density at radius 2 is 2.04 bits per heavy atom. The molecule has 7 heteroatoms. The number of piperidine rings is 1. The van der Waals surface area contributed by atoms with E-state index in [1.165, 1.54) is 0 Å². The van der Waals surface area contributed by atoms with Gasteiger partial charge in [0.2, 0.25) is 5.91 Å². The van der Waals surface area contributed by atoms with Gasteiger partial charge in [0, 0.05) is 49.0 Å². The molecule has 0 saturated carbocycles. The molecule has 2 aromatic rings. The first-order valence-electron chi connectivity index (χ1n) is 9.83. The van der Waals surface area contributed by atoms with Crippen molar-refractivity contribution >= 4 is 38.6 Å². The maximum Gasteiger partial charge on any atom is 0.223 e. The van der Waals surface area contributed by atoms with Crippen LogP contribution in [0, 0.1) is 11.3 Å². The average Bonchev–Trinajstić information content (AvgIpc) is 2.64. The highest BCUT2D eigenvalue weighted by Crippen LogP contribution is 2.29. The van der Waals surface area contributed by atoms with E-state index < -0.39 is 0 Å². The maximum absolute atomic E-state index is 12.7. The normalized spacial score (nSPS) is 16.0. The molecule has 2 aromatic heterocycles. The third-order valence-corrected chi connectivity index (χ3v) is 5.65. The van der Waals surface area contributed by atoms with Gasteiger partial charge in [-0.05, 0) is 60.4 Å². The Morgan fingerprint density at radius 1 is 1.32 bits per heavy atom. The number of hydrogen-bond acceptors (Lipinski definition) is 5. The van der Waals surface area contributed by atoms with Crippen LogP contribution in [0.1, 0.15) is 26.7 Å². The monoisotopic (exact) mass is 447 g/mol. The van der Waals surface area contributed by atoms with Crippen molar-refractivity contribution in [2.75, 3.05) is 45.2 Å². The highest BCUT2D eigenvalue weighted by Gasteiger charge is 2.28. The molecule has 3 rings (SSSR count). The predicted molar refractivity (Wildman–Crippen MR) is 118 cm³/mol. The van der Waals surface area contributed by atoms with Crippen LogP contribution in [0.2, 0.25) is 0 Å². The largest absolute Gasteiger partial charge is 0.370 e. The van der Waals surface area contributed by atoms with E-state index in [1.54, 1.807) is 0 Å². The molecule has 0 aromatic carbocycles. The van der Waals surface area contributed by atoms with Gasteiger partial charge in [-0.25, -0.2) is 0 Å².